The van der Waals surface area contributed by atoms with Crippen LogP contribution >= 0.6 is 0 Å². The second kappa shape index (κ2) is 4.58. The zero-order valence-electron chi connectivity index (χ0n) is 11.3. The number of amides is 2. The number of rotatable bonds is 2. The van der Waals surface area contributed by atoms with Crippen LogP contribution in [0.15, 0.2) is 18.2 Å². The zero-order valence-corrected chi connectivity index (χ0v) is 11.3. The number of nitrogens with zero attached hydrogens (tertiary/aromatic N) is 1. The van der Waals surface area contributed by atoms with Gasteiger partial charge in [0.15, 0.2) is 0 Å². The van der Waals surface area contributed by atoms with Crippen molar-refractivity contribution in [1.82, 2.24) is 0 Å². The Morgan fingerprint density at radius 2 is 1.85 bits per heavy atom. The van der Waals surface area contributed by atoms with Crippen LogP contribution in [0.1, 0.15) is 26.2 Å². The standard InChI is InChI=1S/C15H17FN2O2/c1-2-8-5-10-11(6-8)15(20)18(14(10)19)13-7-9(17)3-4-12(13)16/h3-4,7-8,10-11H,2,5-6,17H2,1H3. The molecule has 1 aromatic carbocycles. The highest BCUT2D eigenvalue weighted by Crippen LogP contribution is 2.46. The minimum absolute atomic E-state index is 0.0116. The summed E-state index contributed by atoms with van der Waals surface area (Å²) in [6, 6.07) is 3.95. The van der Waals surface area contributed by atoms with Gasteiger partial charge in [0, 0.05) is 5.69 Å². The van der Waals surface area contributed by atoms with Gasteiger partial charge in [0.25, 0.3) is 0 Å². The number of nitrogen functional groups attached to an aromatic ring is 1. The van der Waals surface area contributed by atoms with Crippen LogP contribution in [-0.2, 0) is 9.59 Å². The van der Waals surface area contributed by atoms with Gasteiger partial charge < -0.3 is 5.73 Å². The van der Waals surface area contributed by atoms with Crippen LogP contribution in [0.4, 0.5) is 15.8 Å². The maximum absolute atomic E-state index is 13.9. The Morgan fingerprint density at radius 1 is 1.25 bits per heavy atom. The van der Waals surface area contributed by atoms with Crippen LogP contribution in [0.2, 0.25) is 0 Å². The summed E-state index contributed by atoms with van der Waals surface area (Å²) in [6.07, 6.45) is 2.43. The average molecular weight is 276 g/mol. The normalized spacial score (nSPS) is 29.1. The van der Waals surface area contributed by atoms with Crippen LogP contribution in [0.5, 0.6) is 0 Å². The Labute approximate surface area is 116 Å². The number of carbonyl (C=O) groups is 2. The smallest absolute Gasteiger partial charge is 0.237 e. The number of carbonyl (C=O) groups excluding carboxylic acids is 2. The van der Waals surface area contributed by atoms with E-state index in [1.807, 2.05) is 0 Å². The summed E-state index contributed by atoms with van der Waals surface area (Å²) in [6.45, 7) is 2.07. The molecular formula is C15H17FN2O2. The molecule has 3 rings (SSSR count). The van der Waals surface area contributed by atoms with E-state index in [0.717, 1.165) is 24.2 Å². The maximum Gasteiger partial charge on any atom is 0.237 e. The molecule has 4 nitrogen and oxygen atoms in total. The van der Waals surface area contributed by atoms with E-state index in [0.29, 0.717) is 11.6 Å². The van der Waals surface area contributed by atoms with E-state index >= 15 is 0 Å². The SMILES string of the molecule is CCC1CC2C(=O)N(c3cc(N)ccc3F)C(=O)C2C1. The summed E-state index contributed by atoms with van der Waals surface area (Å²) in [5, 5.41) is 0. The second-order valence-corrected chi connectivity index (χ2v) is 5.68. The van der Waals surface area contributed by atoms with Gasteiger partial charge in [0.2, 0.25) is 11.8 Å². The third-order valence-corrected chi connectivity index (χ3v) is 4.52. The molecule has 2 N–H and O–H groups in total. The molecule has 1 saturated heterocycles. The van der Waals surface area contributed by atoms with Gasteiger partial charge in [-0.15, -0.1) is 0 Å². The van der Waals surface area contributed by atoms with E-state index in [4.69, 9.17) is 5.73 Å². The molecule has 1 saturated carbocycles. The molecule has 1 aliphatic carbocycles. The van der Waals surface area contributed by atoms with Crippen LogP contribution < -0.4 is 10.6 Å². The Kier molecular flexibility index (Phi) is 3.00. The van der Waals surface area contributed by atoms with E-state index < -0.39 is 5.82 Å². The van der Waals surface area contributed by atoms with Gasteiger partial charge in [-0.1, -0.05) is 13.3 Å². The summed E-state index contributed by atoms with van der Waals surface area (Å²) in [5.41, 5.74) is 5.96. The van der Waals surface area contributed by atoms with Crippen LogP contribution in [0.3, 0.4) is 0 Å². The number of benzene rings is 1. The van der Waals surface area contributed by atoms with Crippen molar-refractivity contribution in [3.8, 4) is 0 Å². The molecule has 2 aliphatic rings. The van der Waals surface area contributed by atoms with Crippen LogP contribution in [0.25, 0.3) is 0 Å². The van der Waals surface area contributed by atoms with Gasteiger partial charge in [0.1, 0.15) is 5.82 Å². The van der Waals surface area contributed by atoms with E-state index in [-0.39, 0.29) is 29.3 Å². The fraction of sp³-hybridized carbons (Fsp3) is 0.467. The Hall–Kier alpha value is -1.91. The highest BCUT2D eigenvalue weighted by molar-refractivity contribution is 6.22. The fourth-order valence-corrected chi connectivity index (χ4v) is 3.40. The molecule has 106 valence electrons. The molecule has 2 amide bonds. The molecule has 0 aromatic heterocycles. The van der Waals surface area contributed by atoms with Crippen LogP contribution in [-0.4, -0.2) is 11.8 Å². The molecule has 1 aliphatic heterocycles. The molecule has 20 heavy (non-hydrogen) atoms. The van der Waals surface area contributed by atoms with Crippen molar-refractivity contribution in [2.75, 3.05) is 10.6 Å². The first kappa shape index (κ1) is 13.1. The maximum atomic E-state index is 13.9. The molecule has 2 atom stereocenters. The van der Waals surface area contributed by atoms with Crippen LogP contribution in [0, 0.1) is 23.6 Å². The topological polar surface area (TPSA) is 63.4 Å². The number of nitrogens with two attached hydrogens (primary N) is 1. The van der Waals surface area contributed by atoms with Crippen molar-refractivity contribution >= 4 is 23.2 Å². The number of hydrogen-bond donors (Lipinski definition) is 1. The summed E-state index contributed by atoms with van der Waals surface area (Å²) < 4.78 is 13.9. The molecule has 5 heteroatoms. The lowest BCUT2D eigenvalue weighted by Gasteiger charge is -2.18. The van der Waals surface area contributed by atoms with Crippen molar-refractivity contribution in [1.29, 1.82) is 0 Å². The number of anilines is 2. The third kappa shape index (κ3) is 1.80. The fourth-order valence-electron chi connectivity index (χ4n) is 3.40. The lowest BCUT2D eigenvalue weighted by atomic mass is 10.00. The minimum atomic E-state index is -0.590. The van der Waals surface area contributed by atoms with Gasteiger partial charge in [-0.25, -0.2) is 9.29 Å². The van der Waals surface area contributed by atoms with E-state index in [1.165, 1.54) is 18.2 Å². The highest BCUT2D eigenvalue weighted by atomic mass is 19.1. The first-order valence-electron chi connectivity index (χ1n) is 6.95. The molecule has 2 fully saturated rings. The van der Waals surface area contributed by atoms with Crippen molar-refractivity contribution in [2.24, 2.45) is 17.8 Å². The van der Waals surface area contributed by atoms with E-state index in [1.54, 1.807) is 0 Å². The molecule has 2 unspecified atom stereocenters. The largest absolute Gasteiger partial charge is 0.399 e. The first-order valence-corrected chi connectivity index (χ1v) is 6.95. The van der Waals surface area contributed by atoms with Crippen molar-refractivity contribution in [3.63, 3.8) is 0 Å². The number of halogens is 1. The van der Waals surface area contributed by atoms with Crippen molar-refractivity contribution in [3.05, 3.63) is 24.0 Å². The third-order valence-electron chi connectivity index (χ3n) is 4.52. The Morgan fingerprint density at radius 3 is 2.40 bits per heavy atom. The lowest BCUT2D eigenvalue weighted by Crippen LogP contribution is -2.33. The summed E-state index contributed by atoms with van der Waals surface area (Å²) in [7, 11) is 0. The highest BCUT2D eigenvalue weighted by Gasteiger charge is 2.53. The van der Waals surface area contributed by atoms with Gasteiger partial charge >= 0.3 is 0 Å². The molecule has 0 bridgehead atoms. The predicted molar refractivity (Wildman–Crippen MR) is 73.3 cm³/mol. The van der Waals surface area contributed by atoms with Gasteiger partial charge in [-0.2, -0.15) is 0 Å². The summed E-state index contributed by atoms with van der Waals surface area (Å²) in [5.74, 6) is -1.29. The van der Waals surface area contributed by atoms with E-state index in [2.05, 4.69) is 6.92 Å². The molecule has 1 aromatic rings. The second-order valence-electron chi connectivity index (χ2n) is 5.68. The zero-order chi connectivity index (χ0) is 14.4. The summed E-state index contributed by atoms with van der Waals surface area (Å²) in [4.78, 5) is 25.8. The van der Waals surface area contributed by atoms with Gasteiger partial charge in [-0.05, 0) is 37.0 Å². The lowest BCUT2D eigenvalue weighted by molar-refractivity contribution is -0.123. The Bertz CT molecular complexity index is 563. The average Bonchev–Trinajstić information content (AvgIpc) is 2.94. The predicted octanol–water partition coefficient (Wildman–Crippen LogP) is 2.33. The molecular weight excluding hydrogens is 259 g/mol. The van der Waals surface area contributed by atoms with Gasteiger partial charge in [0.05, 0.1) is 17.5 Å². The number of fused-ring (bicyclic) bond motifs is 1. The summed E-state index contributed by atoms with van der Waals surface area (Å²) >= 11 is 0. The first-order chi connectivity index (χ1) is 9.52. The van der Waals surface area contributed by atoms with Gasteiger partial charge in [-0.3, -0.25) is 9.59 Å². The quantitative estimate of drug-likeness (QED) is 0.666. The minimum Gasteiger partial charge on any atom is -0.399 e. The monoisotopic (exact) mass is 276 g/mol. The Balaban J connectivity index is 1.96. The van der Waals surface area contributed by atoms with Crippen molar-refractivity contribution in [2.45, 2.75) is 26.2 Å². The molecule has 1 heterocycles. The number of hydrogen-bond acceptors (Lipinski definition) is 3. The van der Waals surface area contributed by atoms with E-state index in [9.17, 15) is 14.0 Å². The molecule has 0 spiro atoms. The van der Waals surface area contributed by atoms with Crippen molar-refractivity contribution < 1.29 is 14.0 Å². The molecule has 0 radical (unpaired) electrons. The number of imide groups is 1.